The number of unbranched alkanes of at least 4 members (excludes halogenated alkanes) is 2. The maximum atomic E-state index is 4.20. The molecule has 0 atom stereocenters. The molecule has 0 aliphatic heterocycles. The van der Waals surface area contributed by atoms with Crippen LogP contribution in [0.4, 0.5) is 0 Å². The standard InChI is InChI=1S/C18H38N2Si/c1-3-5-15-19-21(20-16-6-4-2,17-11-7-8-12-17)18-13-9-10-14-18/h17-20H,3-16H2,1-2H3. The Morgan fingerprint density at radius 2 is 1.10 bits per heavy atom. The molecule has 3 heteroatoms. The molecule has 0 saturated heterocycles. The van der Waals surface area contributed by atoms with Crippen molar-refractivity contribution in [1.29, 1.82) is 0 Å². The molecule has 2 rings (SSSR count). The first-order valence-electron chi connectivity index (χ1n) is 9.83. The van der Waals surface area contributed by atoms with Crippen LogP contribution >= 0.6 is 0 Å². The van der Waals surface area contributed by atoms with Gasteiger partial charge in [0.15, 0.2) is 0 Å². The first-order valence-corrected chi connectivity index (χ1v) is 12.0. The second-order valence-corrected chi connectivity index (χ2v) is 11.5. The van der Waals surface area contributed by atoms with Gasteiger partial charge >= 0.3 is 0 Å². The van der Waals surface area contributed by atoms with Crippen LogP contribution in [0.3, 0.4) is 0 Å². The number of rotatable bonds is 10. The zero-order valence-electron chi connectivity index (χ0n) is 14.6. The summed E-state index contributed by atoms with van der Waals surface area (Å²) in [6.45, 7) is 7.16. The van der Waals surface area contributed by atoms with Crippen molar-refractivity contribution in [2.24, 2.45) is 0 Å². The van der Waals surface area contributed by atoms with Gasteiger partial charge in [-0.05, 0) is 37.0 Å². The van der Waals surface area contributed by atoms with E-state index in [2.05, 4.69) is 23.8 Å². The molecule has 2 fully saturated rings. The zero-order chi connectivity index (χ0) is 15.0. The highest BCUT2D eigenvalue weighted by atomic mass is 28.3. The molecule has 0 heterocycles. The lowest BCUT2D eigenvalue weighted by molar-refractivity contribution is 0.615. The van der Waals surface area contributed by atoms with E-state index < -0.39 is 8.40 Å². The summed E-state index contributed by atoms with van der Waals surface area (Å²) in [6.07, 6.45) is 17.3. The Morgan fingerprint density at radius 3 is 1.43 bits per heavy atom. The zero-order valence-corrected chi connectivity index (χ0v) is 15.6. The van der Waals surface area contributed by atoms with Crippen LogP contribution in [0, 0.1) is 0 Å². The quantitative estimate of drug-likeness (QED) is 0.433. The third kappa shape index (κ3) is 4.55. The van der Waals surface area contributed by atoms with Crippen LogP contribution < -0.4 is 9.96 Å². The molecule has 0 amide bonds. The van der Waals surface area contributed by atoms with Gasteiger partial charge in [-0.1, -0.05) is 78.1 Å². The molecular weight excluding hydrogens is 272 g/mol. The molecule has 124 valence electrons. The summed E-state index contributed by atoms with van der Waals surface area (Å²) >= 11 is 0. The molecular formula is C18H38N2Si. The summed E-state index contributed by atoms with van der Waals surface area (Å²) in [5, 5.41) is 0. The average Bonchev–Trinajstić information content (AvgIpc) is 3.19. The Kier molecular flexibility index (Phi) is 7.76. The van der Waals surface area contributed by atoms with Gasteiger partial charge < -0.3 is 9.96 Å². The molecule has 0 aromatic heterocycles. The normalized spacial score (nSPS) is 21.4. The number of nitrogens with one attached hydrogen (secondary N) is 2. The number of hydrogen-bond donors (Lipinski definition) is 2. The van der Waals surface area contributed by atoms with Crippen molar-refractivity contribution >= 4 is 8.40 Å². The third-order valence-electron chi connectivity index (χ3n) is 5.89. The Hall–Kier alpha value is 0.137. The van der Waals surface area contributed by atoms with E-state index in [1.807, 2.05) is 0 Å². The van der Waals surface area contributed by atoms with Gasteiger partial charge in [0.2, 0.25) is 8.40 Å². The molecule has 2 aliphatic rings. The van der Waals surface area contributed by atoms with E-state index >= 15 is 0 Å². The van der Waals surface area contributed by atoms with E-state index in [4.69, 9.17) is 0 Å². The van der Waals surface area contributed by atoms with Crippen molar-refractivity contribution in [2.45, 2.75) is 102 Å². The first-order chi connectivity index (χ1) is 10.3. The van der Waals surface area contributed by atoms with Gasteiger partial charge in [-0.2, -0.15) is 0 Å². The SMILES string of the molecule is CCCCN[Si](NCCCC)(C1CCCC1)C1CCCC1. The lowest BCUT2D eigenvalue weighted by Crippen LogP contribution is -2.68. The Balaban J connectivity index is 2.08. The minimum absolute atomic E-state index is 1.01. The fourth-order valence-corrected chi connectivity index (χ4v) is 10.4. The molecule has 0 aromatic carbocycles. The van der Waals surface area contributed by atoms with Crippen LogP contribution in [0.1, 0.15) is 90.9 Å². The molecule has 0 unspecified atom stereocenters. The monoisotopic (exact) mass is 310 g/mol. The third-order valence-corrected chi connectivity index (χ3v) is 11.3. The van der Waals surface area contributed by atoms with E-state index in [0.717, 1.165) is 11.1 Å². The van der Waals surface area contributed by atoms with E-state index in [-0.39, 0.29) is 0 Å². The average molecular weight is 311 g/mol. The van der Waals surface area contributed by atoms with Gasteiger partial charge in [-0.25, -0.2) is 0 Å². The molecule has 21 heavy (non-hydrogen) atoms. The van der Waals surface area contributed by atoms with Gasteiger partial charge in [-0.3, -0.25) is 0 Å². The predicted octanol–water partition coefficient (Wildman–Crippen LogP) is 5.10. The van der Waals surface area contributed by atoms with Crippen LogP contribution in [-0.4, -0.2) is 21.5 Å². The van der Waals surface area contributed by atoms with Gasteiger partial charge in [0, 0.05) is 0 Å². The van der Waals surface area contributed by atoms with Crippen molar-refractivity contribution in [3.63, 3.8) is 0 Å². The topological polar surface area (TPSA) is 24.1 Å². The minimum Gasteiger partial charge on any atom is -0.325 e. The molecule has 0 bridgehead atoms. The van der Waals surface area contributed by atoms with E-state index in [1.54, 1.807) is 0 Å². The minimum atomic E-state index is -1.50. The van der Waals surface area contributed by atoms with Crippen LogP contribution in [-0.2, 0) is 0 Å². The smallest absolute Gasteiger partial charge is 0.207 e. The van der Waals surface area contributed by atoms with Crippen molar-refractivity contribution in [3.05, 3.63) is 0 Å². The van der Waals surface area contributed by atoms with Crippen LogP contribution in [0.25, 0.3) is 0 Å². The maximum absolute atomic E-state index is 4.20. The highest BCUT2D eigenvalue weighted by molar-refractivity contribution is 6.78. The fraction of sp³-hybridized carbons (Fsp3) is 1.00. The summed E-state index contributed by atoms with van der Waals surface area (Å²) in [5.41, 5.74) is 2.02. The largest absolute Gasteiger partial charge is 0.325 e. The molecule has 0 aromatic rings. The summed E-state index contributed by atoms with van der Waals surface area (Å²) in [5.74, 6) is 0. The summed E-state index contributed by atoms with van der Waals surface area (Å²) in [4.78, 5) is 8.41. The number of hydrogen-bond acceptors (Lipinski definition) is 2. The second-order valence-electron chi connectivity index (χ2n) is 7.39. The summed E-state index contributed by atoms with van der Waals surface area (Å²) in [6, 6.07) is 0. The van der Waals surface area contributed by atoms with Crippen LogP contribution in [0.5, 0.6) is 0 Å². The van der Waals surface area contributed by atoms with Gasteiger partial charge in [0.05, 0.1) is 0 Å². The molecule has 2 saturated carbocycles. The van der Waals surface area contributed by atoms with Crippen molar-refractivity contribution < 1.29 is 0 Å². The molecule has 2 aliphatic carbocycles. The Bertz CT molecular complexity index is 242. The highest BCUT2D eigenvalue weighted by Gasteiger charge is 2.49. The summed E-state index contributed by atoms with van der Waals surface area (Å²) < 4.78 is 0. The van der Waals surface area contributed by atoms with E-state index in [0.29, 0.717) is 0 Å². The van der Waals surface area contributed by atoms with E-state index in [9.17, 15) is 0 Å². The Morgan fingerprint density at radius 1 is 0.714 bits per heavy atom. The molecule has 2 nitrogen and oxygen atoms in total. The summed E-state index contributed by atoms with van der Waals surface area (Å²) in [7, 11) is -1.50. The maximum Gasteiger partial charge on any atom is 0.207 e. The van der Waals surface area contributed by atoms with Crippen molar-refractivity contribution in [2.75, 3.05) is 13.1 Å². The lowest BCUT2D eigenvalue weighted by Gasteiger charge is -2.43. The van der Waals surface area contributed by atoms with Gasteiger partial charge in [0.25, 0.3) is 0 Å². The second kappa shape index (κ2) is 9.31. The molecule has 0 radical (unpaired) electrons. The van der Waals surface area contributed by atoms with Crippen LogP contribution in [0.15, 0.2) is 0 Å². The Labute approximate surface area is 134 Å². The molecule has 0 spiro atoms. The highest BCUT2D eigenvalue weighted by Crippen LogP contribution is 2.47. The molecule has 2 N–H and O–H groups in total. The first kappa shape index (κ1) is 17.5. The van der Waals surface area contributed by atoms with Gasteiger partial charge in [0.1, 0.15) is 0 Å². The lowest BCUT2D eigenvalue weighted by atomic mass is 10.3. The van der Waals surface area contributed by atoms with Crippen LogP contribution in [0.2, 0.25) is 11.1 Å². The predicted molar refractivity (Wildman–Crippen MR) is 96.0 cm³/mol. The van der Waals surface area contributed by atoms with Gasteiger partial charge in [-0.15, -0.1) is 0 Å². The van der Waals surface area contributed by atoms with Crippen molar-refractivity contribution in [3.8, 4) is 0 Å². The van der Waals surface area contributed by atoms with Crippen molar-refractivity contribution in [1.82, 2.24) is 9.96 Å². The van der Waals surface area contributed by atoms with E-state index in [1.165, 1.54) is 90.1 Å². The fourth-order valence-electron chi connectivity index (χ4n) is 4.68.